The van der Waals surface area contributed by atoms with Crippen LogP contribution in [0.4, 0.5) is 0 Å². The van der Waals surface area contributed by atoms with Gasteiger partial charge in [-0.05, 0) is 0 Å². The molecule has 3 nitrogen and oxygen atoms in total. The molecule has 0 fully saturated rings. The van der Waals surface area contributed by atoms with Crippen molar-refractivity contribution in [2.45, 2.75) is 4.59 Å². The Balaban J connectivity index is 1.82. The predicted octanol–water partition coefficient (Wildman–Crippen LogP) is 1.42. The molecule has 0 atom stereocenters. The Labute approximate surface area is 110 Å². The molecule has 17 heavy (non-hydrogen) atoms. The quantitative estimate of drug-likeness (QED) is 0.677. The van der Waals surface area contributed by atoms with Gasteiger partial charge < -0.3 is 0 Å². The summed E-state index contributed by atoms with van der Waals surface area (Å²) in [6.07, 6.45) is 0. The number of hydrogen-bond acceptors (Lipinski definition) is 2. The van der Waals surface area contributed by atoms with Crippen LogP contribution in [-0.2, 0) is 4.59 Å². The molecule has 1 heterocycles. The Hall–Kier alpha value is -1.37. The van der Waals surface area contributed by atoms with Gasteiger partial charge in [-0.1, -0.05) is 0 Å². The molecule has 84 valence electrons. The second-order valence-corrected chi connectivity index (χ2v) is 6.57. The van der Waals surface area contributed by atoms with Crippen molar-refractivity contribution in [1.29, 1.82) is 0 Å². The first-order chi connectivity index (χ1) is 8.43. The summed E-state index contributed by atoms with van der Waals surface area (Å²) in [7, 11) is 0. The first-order valence-corrected chi connectivity index (χ1v) is 8.21. The Kier molecular flexibility index (Phi) is 3.08. The van der Waals surface area contributed by atoms with Crippen LogP contribution in [0.1, 0.15) is 0 Å². The normalized spacial score (nSPS) is 10.8. The molecule has 0 amide bonds. The van der Waals surface area contributed by atoms with Crippen molar-refractivity contribution < 1.29 is 0 Å². The average Bonchev–Trinajstić information content (AvgIpc) is 2.81. The van der Waals surface area contributed by atoms with Crippen molar-refractivity contribution in [2.75, 3.05) is 0 Å². The topological polar surface area (TPSA) is 30.7 Å². The van der Waals surface area contributed by atoms with Gasteiger partial charge in [-0.15, -0.1) is 0 Å². The molecule has 0 aliphatic rings. The molecule has 0 spiro atoms. The average molecular weight is 337 g/mol. The van der Waals surface area contributed by atoms with E-state index in [1.807, 2.05) is 22.9 Å². The fraction of sp³-hybridized carbons (Fsp3) is 0.0769. The van der Waals surface area contributed by atoms with Gasteiger partial charge in [-0.3, -0.25) is 0 Å². The van der Waals surface area contributed by atoms with Crippen molar-refractivity contribution >= 4 is 35.6 Å². The molecule has 1 aromatic heterocycles. The molecule has 0 N–H and O–H groups in total. The molecule has 4 heteroatoms. The molecule has 3 aromatic rings. The second-order valence-electron chi connectivity index (χ2n) is 3.66. The Morgan fingerprint density at radius 1 is 0.941 bits per heavy atom. The molecule has 0 aliphatic carbocycles. The molecule has 0 aliphatic heterocycles. The van der Waals surface area contributed by atoms with Gasteiger partial charge in [0.05, 0.1) is 0 Å². The van der Waals surface area contributed by atoms with Crippen molar-refractivity contribution in [3.63, 3.8) is 0 Å². The zero-order valence-electron chi connectivity index (χ0n) is 9.15. The van der Waals surface area contributed by atoms with Crippen LogP contribution in [0, 0.1) is 0 Å². The van der Waals surface area contributed by atoms with E-state index in [4.69, 9.17) is 0 Å². The van der Waals surface area contributed by atoms with E-state index in [9.17, 15) is 0 Å². The van der Waals surface area contributed by atoms with Gasteiger partial charge in [-0.25, -0.2) is 0 Å². The van der Waals surface area contributed by atoms with E-state index in [1.54, 1.807) is 0 Å². The minimum absolute atomic E-state index is 0.226. The molecule has 2 aromatic carbocycles. The van der Waals surface area contributed by atoms with Crippen molar-refractivity contribution in [3.8, 4) is 0 Å². The van der Waals surface area contributed by atoms with Crippen LogP contribution in [0.2, 0.25) is 0 Å². The van der Waals surface area contributed by atoms with Gasteiger partial charge in [0, 0.05) is 0 Å². The molecule has 0 unspecified atom stereocenters. The van der Waals surface area contributed by atoms with Crippen molar-refractivity contribution in [3.05, 3.63) is 54.6 Å². The van der Waals surface area contributed by atoms with Crippen LogP contribution in [0.25, 0.3) is 11.0 Å². The van der Waals surface area contributed by atoms with Gasteiger partial charge in [-0.2, -0.15) is 0 Å². The van der Waals surface area contributed by atoms with Crippen LogP contribution in [0.5, 0.6) is 0 Å². The number of nitrogens with zero attached hydrogens (tertiary/aromatic N) is 3. The maximum absolute atomic E-state index is 4.21. The number of rotatable bonds is 3. The van der Waals surface area contributed by atoms with Gasteiger partial charge >= 0.3 is 110 Å². The van der Waals surface area contributed by atoms with E-state index in [2.05, 4.69) is 46.7 Å². The first kappa shape index (κ1) is 10.8. The first-order valence-electron chi connectivity index (χ1n) is 5.39. The van der Waals surface area contributed by atoms with Crippen molar-refractivity contribution in [1.82, 2.24) is 15.0 Å². The monoisotopic (exact) mass is 339 g/mol. The molecule has 0 radical (unpaired) electrons. The van der Waals surface area contributed by atoms with Gasteiger partial charge in [0.2, 0.25) is 0 Å². The van der Waals surface area contributed by atoms with Gasteiger partial charge in [0.15, 0.2) is 0 Å². The molecule has 3 rings (SSSR count). The van der Waals surface area contributed by atoms with Crippen LogP contribution in [0.3, 0.4) is 0 Å². The van der Waals surface area contributed by atoms with E-state index >= 15 is 0 Å². The van der Waals surface area contributed by atoms with Crippen LogP contribution < -0.4 is 3.61 Å². The Morgan fingerprint density at radius 2 is 1.71 bits per heavy atom. The molecular weight excluding hydrogens is 326 g/mol. The van der Waals surface area contributed by atoms with Crippen LogP contribution in [-0.4, -0.2) is 35.9 Å². The molecule has 0 bridgehead atoms. The minimum atomic E-state index is -0.226. The van der Waals surface area contributed by atoms with Gasteiger partial charge in [0.1, 0.15) is 0 Å². The second kappa shape index (κ2) is 4.87. The summed E-state index contributed by atoms with van der Waals surface area (Å²) < 4.78 is 4.47. The molecule has 0 saturated carbocycles. The number of benzene rings is 2. The molecular formula is C13H11N3Te. The van der Waals surface area contributed by atoms with E-state index < -0.39 is 0 Å². The third-order valence-corrected chi connectivity index (χ3v) is 5.31. The van der Waals surface area contributed by atoms with E-state index in [1.165, 1.54) is 3.61 Å². The summed E-state index contributed by atoms with van der Waals surface area (Å²) in [4.78, 5) is 0. The third-order valence-electron chi connectivity index (χ3n) is 2.52. The van der Waals surface area contributed by atoms with E-state index in [0.29, 0.717) is 0 Å². The van der Waals surface area contributed by atoms with Crippen LogP contribution >= 0.6 is 0 Å². The summed E-state index contributed by atoms with van der Waals surface area (Å²) >= 11 is -0.226. The number of aromatic nitrogens is 3. The number of hydrogen-bond donors (Lipinski definition) is 0. The van der Waals surface area contributed by atoms with Crippen LogP contribution in [0.15, 0.2) is 54.6 Å². The maximum atomic E-state index is 4.21. The number of fused-ring (bicyclic) bond motifs is 1. The summed E-state index contributed by atoms with van der Waals surface area (Å²) in [5, 5.41) is 8.37. The summed E-state index contributed by atoms with van der Waals surface area (Å²) in [6, 6.07) is 18.7. The molecule has 0 saturated heterocycles. The zero-order chi connectivity index (χ0) is 11.5. The standard InChI is InChI=1S/C13H11N3Te/c1-2-6-11(7-3-1)17-10-16-13-9-5-4-8-12(13)14-15-16/h1-9H,10H2. The summed E-state index contributed by atoms with van der Waals surface area (Å²) in [6.45, 7) is 0. The van der Waals surface area contributed by atoms with E-state index in [0.717, 1.165) is 15.6 Å². The number of para-hydroxylation sites is 1. The fourth-order valence-corrected chi connectivity index (χ4v) is 3.98. The fourth-order valence-electron chi connectivity index (χ4n) is 1.67. The SMILES string of the molecule is c1ccc([Te]Cn2nnc3ccccc32)cc1. The van der Waals surface area contributed by atoms with E-state index in [-0.39, 0.29) is 20.9 Å². The Morgan fingerprint density at radius 3 is 2.59 bits per heavy atom. The zero-order valence-corrected chi connectivity index (χ0v) is 11.5. The summed E-state index contributed by atoms with van der Waals surface area (Å²) in [5.74, 6) is 0. The third kappa shape index (κ3) is 2.33. The van der Waals surface area contributed by atoms with Gasteiger partial charge in [0.25, 0.3) is 0 Å². The predicted molar refractivity (Wildman–Crippen MR) is 69.4 cm³/mol. The summed E-state index contributed by atoms with van der Waals surface area (Å²) in [5.41, 5.74) is 2.11. The van der Waals surface area contributed by atoms with Crippen molar-refractivity contribution in [2.24, 2.45) is 0 Å². The Bertz CT molecular complexity index is 619.